The summed E-state index contributed by atoms with van der Waals surface area (Å²) in [5, 5.41) is 3.47. The van der Waals surface area contributed by atoms with E-state index in [1.807, 2.05) is 24.3 Å². The normalized spacial score (nSPS) is 21.4. The van der Waals surface area contributed by atoms with Crippen LogP contribution in [0.2, 0.25) is 5.02 Å². The summed E-state index contributed by atoms with van der Waals surface area (Å²) >= 11 is 7.80. The number of hydrogen-bond donors (Lipinski definition) is 1. The van der Waals surface area contributed by atoms with Crippen LogP contribution >= 0.6 is 23.4 Å². The van der Waals surface area contributed by atoms with E-state index in [9.17, 15) is 14.0 Å². The number of carbonyl (C=O) groups excluding carboxylic acids is 2. The number of anilines is 1. The van der Waals surface area contributed by atoms with E-state index in [1.165, 1.54) is 29.1 Å². The van der Waals surface area contributed by atoms with E-state index in [0.29, 0.717) is 28.7 Å². The summed E-state index contributed by atoms with van der Waals surface area (Å²) in [5.74, 6) is 0.0612. The minimum Gasteiger partial charge on any atom is -0.349 e. The highest BCUT2D eigenvalue weighted by Crippen LogP contribution is 2.43. The van der Waals surface area contributed by atoms with Crippen molar-refractivity contribution >= 4 is 40.9 Å². The van der Waals surface area contributed by atoms with Crippen LogP contribution in [0, 0.1) is 17.7 Å². The molecule has 0 spiro atoms. The molecule has 3 aromatic carbocycles. The zero-order valence-corrected chi connectivity index (χ0v) is 21.8. The molecule has 2 aliphatic rings. The van der Waals surface area contributed by atoms with Crippen molar-refractivity contribution in [2.75, 3.05) is 4.90 Å². The number of hydrogen-bond acceptors (Lipinski definition) is 3. The van der Waals surface area contributed by atoms with Crippen LogP contribution in [0.3, 0.4) is 0 Å². The van der Waals surface area contributed by atoms with E-state index >= 15 is 0 Å². The number of benzene rings is 3. The first kappa shape index (κ1) is 24.8. The Morgan fingerprint density at radius 3 is 2.69 bits per heavy atom. The molecule has 3 aromatic rings. The number of halogens is 2. The van der Waals surface area contributed by atoms with Gasteiger partial charge in [-0.25, -0.2) is 4.39 Å². The Hall–Kier alpha value is -2.83. The molecule has 3 atom stereocenters. The van der Waals surface area contributed by atoms with Crippen LogP contribution in [0.1, 0.15) is 59.4 Å². The zero-order valence-electron chi connectivity index (χ0n) is 20.3. The lowest BCUT2D eigenvalue weighted by Crippen LogP contribution is -2.43. The van der Waals surface area contributed by atoms with Crippen molar-refractivity contribution in [1.82, 2.24) is 5.32 Å². The maximum atomic E-state index is 14.8. The summed E-state index contributed by atoms with van der Waals surface area (Å²) in [6.45, 7) is 4.38. The van der Waals surface area contributed by atoms with Gasteiger partial charge in [-0.1, -0.05) is 68.3 Å². The van der Waals surface area contributed by atoms with E-state index in [0.717, 1.165) is 22.6 Å². The minimum atomic E-state index is -0.476. The average molecular weight is 523 g/mol. The first-order valence-electron chi connectivity index (χ1n) is 12.3. The molecule has 1 aliphatic carbocycles. The first-order chi connectivity index (χ1) is 17.3. The number of nitrogens with one attached hydrogen (secondary N) is 1. The second-order valence-electron chi connectivity index (χ2n) is 9.72. The van der Waals surface area contributed by atoms with Crippen LogP contribution in [0.15, 0.2) is 70.5 Å². The molecule has 1 aliphatic heterocycles. The van der Waals surface area contributed by atoms with Crippen LogP contribution in [0.25, 0.3) is 0 Å². The van der Waals surface area contributed by atoms with Crippen LogP contribution in [-0.4, -0.2) is 17.9 Å². The van der Waals surface area contributed by atoms with E-state index in [2.05, 4.69) is 19.2 Å². The van der Waals surface area contributed by atoms with Crippen molar-refractivity contribution in [3.8, 4) is 0 Å². The molecule has 2 amide bonds. The molecular weight excluding hydrogens is 495 g/mol. The third-order valence-corrected chi connectivity index (χ3v) is 8.99. The smallest absolute Gasteiger partial charge is 0.259 e. The van der Waals surface area contributed by atoms with Gasteiger partial charge in [-0.15, -0.1) is 0 Å². The molecule has 1 saturated carbocycles. The SMILES string of the molecule is CC1CCCC(NC(=O)c2ccc3c(c2)N(Cc2c(F)cccc2Cl)C(=O)c2ccccc2S3)C1C. The first-order valence-corrected chi connectivity index (χ1v) is 13.5. The molecule has 0 bridgehead atoms. The molecule has 36 heavy (non-hydrogen) atoms. The Bertz CT molecular complexity index is 1310. The molecule has 3 unspecified atom stereocenters. The van der Waals surface area contributed by atoms with Crippen LogP contribution in [0.5, 0.6) is 0 Å². The van der Waals surface area contributed by atoms with E-state index in [4.69, 9.17) is 11.6 Å². The van der Waals surface area contributed by atoms with Gasteiger partial charge in [0.15, 0.2) is 0 Å². The zero-order chi connectivity index (χ0) is 25.4. The molecule has 0 aromatic heterocycles. The number of nitrogens with zero attached hydrogens (tertiary/aromatic N) is 1. The highest BCUT2D eigenvalue weighted by molar-refractivity contribution is 7.99. The quantitative estimate of drug-likeness (QED) is 0.390. The van der Waals surface area contributed by atoms with Gasteiger partial charge < -0.3 is 10.2 Å². The van der Waals surface area contributed by atoms with Gasteiger partial charge in [-0.05, 0) is 60.7 Å². The van der Waals surface area contributed by atoms with Crippen molar-refractivity contribution in [1.29, 1.82) is 0 Å². The van der Waals surface area contributed by atoms with Crippen molar-refractivity contribution in [3.63, 3.8) is 0 Å². The van der Waals surface area contributed by atoms with Gasteiger partial charge in [0.25, 0.3) is 11.8 Å². The van der Waals surface area contributed by atoms with Crippen molar-refractivity contribution in [2.45, 2.75) is 55.5 Å². The van der Waals surface area contributed by atoms with E-state index < -0.39 is 5.82 Å². The summed E-state index contributed by atoms with van der Waals surface area (Å²) in [6, 6.07) is 17.4. The highest BCUT2D eigenvalue weighted by atomic mass is 35.5. The second kappa shape index (κ2) is 10.3. The van der Waals surface area contributed by atoms with Gasteiger partial charge in [-0.2, -0.15) is 0 Å². The highest BCUT2D eigenvalue weighted by Gasteiger charge is 2.31. The largest absolute Gasteiger partial charge is 0.349 e. The number of fused-ring (bicyclic) bond motifs is 2. The molecule has 1 N–H and O–H groups in total. The summed E-state index contributed by atoms with van der Waals surface area (Å²) in [5.41, 5.74) is 1.81. The van der Waals surface area contributed by atoms with Gasteiger partial charge in [0.2, 0.25) is 0 Å². The topological polar surface area (TPSA) is 49.4 Å². The molecular formula is C29H28ClFN2O2S. The maximum Gasteiger partial charge on any atom is 0.259 e. The third kappa shape index (κ3) is 4.76. The standard InChI is InChI=1S/C29H28ClFN2O2S/c1-17-7-5-11-24(18(17)2)32-28(34)19-13-14-27-25(15-19)33(16-21-22(30)9-6-10-23(21)31)29(35)20-8-3-4-12-26(20)36-27/h3-4,6,8-10,12-15,17-18,24H,5,7,11,16H2,1-2H3,(H,32,34). The van der Waals surface area contributed by atoms with Crippen molar-refractivity contribution < 1.29 is 14.0 Å². The Morgan fingerprint density at radius 2 is 1.89 bits per heavy atom. The summed E-state index contributed by atoms with van der Waals surface area (Å²) in [4.78, 5) is 30.2. The fourth-order valence-corrected chi connectivity index (χ4v) is 6.38. The molecule has 5 rings (SSSR count). The molecule has 0 radical (unpaired) electrons. The second-order valence-corrected chi connectivity index (χ2v) is 11.2. The number of amides is 2. The monoisotopic (exact) mass is 522 g/mol. The molecule has 1 heterocycles. The number of carbonyl (C=O) groups is 2. The van der Waals surface area contributed by atoms with Crippen LogP contribution in [0.4, 0.5) is 10.1 Å². The van der Waals surface area contributed by atoms with Crippen LogP contribution < -0.4 is 10.2 Å². The van der Waals surface area contributed by atoms with Gasteiger partial charge in [0.1, 0.15) is 5.82 Å². The molecule has 1 fully saturated rings. The van der Waals surface area contributed by atoms with Crippen LogP contribution in [-0.2, 0) is 6.54 Å². The Balaban J connectivity index is 1.53. The Labute approximate surface area is 220 Å². The molecule has 0 saturated heterocycles. The minimum absolute atomic E-state index is 0.0471. The number of rotatable bonds is 4. The fraction of sp³-hybridized carbons (Fsp3) is 0.310. The average Bonchev–Trinajstić information content (AvgIpc) is 2.98. The molecule has 4 nitrogen and oxygen atoms in total. The molecule has 186 valence electrons. The van der Waals surface area contributed by atoms with Gasteiger partial charge >= 0.3 is 0 Å². The lowest BCUT2D eigenvalue weighted by atomic mass is 9.78. The maximum absolute atomic E-state index is 14.8. The summed E-state index contributed by atoms with van der Waals surface area (Å²) in [6.07, 6.45) is 3.24. The van der Waals surface area contributed by atoms with Gasteiger partial charge in [0, 0.05) is 32.0 Å². The fourth-order valence-electron chi connectivity index (χ4n) is 5.10. The summed E-state index contributed by atoms with van der Waals surface area (Å²) < 4.78 is 14.8. The Kier molecular flexibility index (Phi) is 7.09. The Morgan fingerprint density at radius 1 is 1.08 bits per heavy atom. The van der Waals surface area contributed by atoms with Crippen molar-refractivity contribution in [3.05, 3.63) is 88.2 Å². The molecule has 7 heteroatoms. The predicted molar refractivity (Wildman–Crippen MR) is 142 cm³/mol. The van der Waals surface area contributed by atoms with Crippen molar-refractivity contribution in [2.24, 2.45) is 11.8 Å². The van der Waals surface area contributed by atoms with Gasteiger partial charge in [0.05, 0.1) is 17.8 Å². The third-order valence-electron chi connectivity index (χ3n) is 7.50. The lowest BCUT2D eigenvalue weighted by Gasteiger charge is -2.34. The predicted octanol–water partition coefficient (Wildman–Crippen LogP) is 7.35. The summed E-state index contributed by atoms with van der Waals surface area (Å²) in [7, 11) is 0. The van der Waals surface area contributed by atoms with E-state index in [-0.39, 0.29) is 35.0 Å². The lowest BCUT2D eigenvalue weighted by molar-refractivity contribution is 0.0889. The van der Waals surface area contributed by atoms with E-state index in [1.54, 1.807) is 30.3 Å². The van der Waals surface area contributed by atoms with Gasteiger partial charge in [-0.3, -0.25) is 9.59 Å².